The standard InChI is InChI=1S/C14H25N3O/c1-4-13(15)14(12-7-6-8-16-11-12)17(3)9-10-18-5-2/h6-8,11,13-14H,4-5,9-10,15H2,1-3H3. The van der Waals surface area contributed by atoms with Crippen LogP contribution in [0.5, 0.6) is 0 Å². The number of pyridine rings is 1. The number of nitrogens with two attached hydrogens (primary N) is 1. The minimum atomic E-state index is 0.112. The van der Waals surface area contributed by atoms with Gasteiger partial charge >= 0.3 is 0 Å². The van der Waals surface area contributed by atoms with E-state index in [0.717, 1.165) is 26.2 Å². The summed E-state index contributed by atoms with van der Waals surface area (Å²) in [6.07, 6.45) is 4.63. The van der Waals surface area contributed by atoms with Crippen molar-refractivity contribution in [3.8, 4) is 0 Å². The van der Waals surface area contributed by atoms with E-state index < -0.39 is 0 Å². The van der Waals surface area contributed by atoms with Crippen LogP contribution in [0.3, 0.4) is 0 Å². The lowest BCUT2D eigenvalue weighted by Crippen LogP contribution is -2.40. The van der Waals surface area contributed by atoms with Crippen LogP contribution in [0.2, 0.25) is 0 Å². The molecule has 0 radical (unpaired) electrons. The first-order valence-corrected chi connectivity index (χ1v) is 6.64. The molecule has 2 N–H and O–H groups in total. The second-order valence-corrected chi connectivity index (χ2v) is 4.48. The van der Waals surface area contributed by atoms with Gasteiger partial charge in [0.15, 0.2) is 0 Å². The Morgan fingerprint density at radius 3 is 2.78 bits per heavy atom. The molecule has 0 fully saturated rings. The van der Waals surface area contributed by atoms with Crippen molar-refractivity contribution in [2.75, 3.05) is 26.8 Å². The van der Waals surface area contributed by atoms with E-state index in [1.54, 1.807) is 6.20 Å². The van der Waals surface area contributed by atoms with Crippen LogP contribution in [0.4, 0.5) is 0 Å². The van der Waals surface area contributed by atoms with Gasteiger partial charge in [-0.05, 0) is 32.0 Å². The van der Waals surface area contributed by atoms with Gasteiger partial charge < -0.3 is 10.5 Å². The second-order valence-electron chi connectivity index (χ2n) is 4.48. The Balaban J connectivity index is 2.72. The summed E-state index contributed by atoms with van der Waals surface area (Å²) in [6.45, 7) is 6.49. The summed E-state index contributed by atoms with van der Waals surface area (Å²) in [4.78, 5) is 6.44. The molecule has 1 aromatic rings. The van der Waals surface area contributed by atoms with Crippen LogP contribution in [0.25, 0.3) is 0 Å². The molecule has 4 heteroatoms. The van der Waals surface area contributed by atoms with Crippen LogP contribution < -0.4 is 5.73 Å². The van der Waals surface area contributed by atoms with Crippen molar-refractivity contribution in [2.45, 2.75) is 32.4 Å². The highest BCUT2D eigenvalue weighted by Crippen LogP contribution is 2.22. The predicted octanol–water partition coefficient (Wildman–Crippen LogP) is 1.83. The molecule has 0 aliphatic heterocycles. The second kappa shape index (κ2) is 8.19. The van der Waals surface area contributed by atoms with Crippen molar-refractivity contribution in [3.63, 3.8) is 0 Å². The Morgan fingerprint density at radius 1 is 1.44 bits per heavy atom. The zero-order valence-corrected chi connectivity index (χ0v) is 11.7. The third-order valence-corrected chi connectivity index (χ3v) is 3.17. The van der Waals surface area contributed by atoms with Crippen LogP contribution in [0.15, 0.2) is 24.5 Å². The van der Waals surface area contributed by atoms with Crippen LogP contribution in [-0.2, 0) is 4.74 Å². The summed E-state index contributed by atoms with van der Waals surface area (Å²) in [5.74, 6) is 0. The third kappa shape index (κ3) is 4.37. The number of rotatable bonds is 8. The zero-order chi connectivity index (χ0) is 13.4. The van der Waals surface area contributed by atoms with Crippen molar-refractivity contribution in [2.24, 2.45) is 5.73 Å². The number of likely N-dealkylation sites (N-methyl/N-ethyl adjacent to an activating group) is 1. The van der Waals surface area contributed by atoms with Gasteiger partial charge in [0.2, 0.25) is 0 Å². The number of ether oxygens (including phenoxy) is 1. The Morgan fingerprint density at radius 2 is 2.22 bits per heavy atom. The first-order chi connectivity index (χ1) is 8.70. The van der Waals surface area contributed by atoms with Gasteiger partial charge in [-0.2, -0.15) is 0 Å². The predicted molar refractivity (Wildman–Crippen MR) is 74.4 cm³/mol. The van der Waals surface area contributed by atoms with E-state index in [-0.39, 0.29) is 12.1 Å². The van der Waals surface area contributed by atoms with Crippen LogP contribution in [-0.4, -0.2) is 42.7 Å². The molecule has 0 aliphatic rings. The maximum atomic E-state index is 6.24. The van der Waals surface area contributed by atoms with Crippen LogP contribution >= 0.6 is 0 Å². The average Bonchev–Trinajstić information content (AvgIpc) is 2.40. The van der Waals surface area contributed by atoms with Crippen molar-refractivity contribution < 1.29 is 4.74 Å². The molecule has 0 bridgehead atoms. The van der Waals surface area contributed by atoms with Crippen molar-refractivity contribution in [1.29, 1.82) is 0 Å². The summed E-state index contributed by atoms with van der Waals surface area (Å²) in [5.41, 5.74) is 7.42. The molecule has 0 amide bonds. The third-order valence-electron chi connectivity index (χ3n) is 3.17. The molecular formula is C14H25N3O. The summed E-state index contributed by atoms with van der Waals surface area (Å²) in [7, 11) is 2.09. The molecule has 2 unspecified atom stereocenters. The number of nitrogens with zero attached hydrogens (tertiary/aromatic N) is 2. The van der Waals surface area contributed by atoms with Gasteiger partial charge in [0.25, 0.3) is 0 Å². The minimum absolute atomic E-state index is 0.112. The molecule has 1 rings (SSSR count). The van der Waals surface area contributed by atoms with E-state index in [1.165, 1.54) is 5.56 Å². The topological polar surface area (TPSA) is 51.4 Å². The van der Waals surface area contributed by atoms with E-state index in [2.05, 4.69) is 29.9 Å². The smallest absolute Gasteiger partial charge is 0.0593 e. The van der Waals surface area contributed by atoms with Crippen LogP contribution in [0.1, 0.15) is 31.9 Å². The highest BCUT2D eigenvalue weighted by molar-refractivity contribution is 5.16. The molecule has 1 aromatic heterocycles. The average molecular weight is 251 g/mol. The molecule has 18 heavy (non-hydrogen) atoms. The number of aromatic nitrogens is 1. The summed E-state index contributed by atoms with van der Waals surface area (Å²) < 4.78 is 5.41. The Kier molecular flexibility index (Phi) is 6.86. The molecule has 2 atom stereocenters. The van der Waals surface area contributed by atoms with E-state index in [9.17, 15) is 0 Å². The highest BCUT2D eigenvalue weighted by Gasteiger charge is 2.22. The van der Waals surface area contributed by atoms with Gasteiger partial charge in [0.1, 0.15) is 0 Å². The van der Waals surface area contributed by atoms with Gasteiger partial charge in [-0.1, -0.05) is 13.0 Å². The van der Waals surface area contributed by atoms with E-state index in [4.69, 9.17) is 10.5 Å². The van der Waals surface area contributed by atoms with Crippen molar-refractivity contribution in [1.82, 2.24) is 9.88 Å². The largest absolute Gasteiger partial charge is 0.380 e. The fourth-order valence-corrected chi connectivity index (χ4v) is 2.09. The van der Waals surface area contributed by atoms with Crippen LogP contribution in [0, 0.1) is 0 Å². The minimum Gasteiger partial charge on any atom is -0.380 e. The van der Waals surface area contributed by atoms with E-state index in [0.29, 0.717) is 0 Å². The summed E-state index contributed by atoms with van der Waals surface area (Å²) in [5, 5.41) is 0. The first kappa shape index (κ1) is 15.1. The summed E-state index contributed by atoms with van der Waals surface area (Å²) >= 11 is 0. The molecule has 102 valence electrons. The normalized spacial score (nSPS) is 14.7. The SMILES string of the molecule is CCOCCN(C)C(c1cccnc1)C(N)CC. The van der Waals surface area contributed by atoms with E-state index in [1.807, 2.05) is 19.2 Å². The number of hydrogen-bond donors (Lipinski definition) is 1. The molecular weight excluding hydrogens is 226 g/mol. The van der Waals surface area contributed by atoms with Gasteiger partial charge in [-0.3, -0.25) is 9.88 Å². The molecule has 4 nitrogen and oxygen atoms in total. The maximum Gasteiger partial charge on any atom is 0.0593 e. The lowest BCUT2D eigenvalue weighted by atomic mass is 9.98. The zero-order valence-electron chi connectivity index (χ0n) is 11.7. The first-order valence-electron chi connectivity index (χ1n) is 6.64. The van der Waals surface area contributed by atoms with Gasteiger partial charge in [-0.25, -0.2) is 0 Å². The quantitative estimate of drug-likeness (QED) is 0.716. The van der Waals surface area contributed by atoms with Crippen molar-refractivity contribution >= 4 is 0 Å². The highest BCUT2D eigenvalue weighted by atomic mass is 16.5. The maximum absolute atomic E-state index is 6.24. The van der Waals surface area contributed by atoms with E-state index >= 15 is 0 Å². The Hall–Kier alpha value is -0.970. The fraction of sp³-hybridized carbons (Fsp3) is 0.643. The molecule has 0 saturated carbocycles. The number of hydrogen-bond acceptors (Lipinski definition) is 4. The molecule has 0 aliphatic carbocycles. The summed E-state index contributed by atoms with van der Waals surface area (Å²) in [6, 6.07) is 4.36. The fourth-order valence-electron chi connectivity index (χ4n) is 2.09. The lowest BCUT2D eigenvalue weighted by molar-refractivity contribution is 0.100. The monoisotopic (exact) mass is 251 g/mol. The van der Waals surface area contributed by atoms with Gasteiger partial charge in [-0.15, -0.1) is 0 Å². The molecule has 0 saturated heterocycles. The Labute approximate surface area is 110 Å². The van der Waals surface area contributed by atoms with Crippen molar-refractivity contribution in [3.05, 3.63) is 30.1 Å². The lowest BCUT2D eigenvalue weighted by Gasteiger charge is -2.32. The molecule has 0 aromatic carbocycles. The van der Waals surface area contributed by atoms with Gasteiger partial charge in [0.05, 0.1) is 12.6 Å². The molecule has 1 heterocycles. The van der Waals surface area contributed by atoms with Gasteiger partial charge in [0, 0.05) is 31.6 Å². The molecule has 0 spiro atoms. The Bertz CT molecular complexity index is 318.